The van der Waals surface area contributed by atoms with Crippen LogP contribution in [0.1, 0.15) is 13.8 Å². The molecule has 0 saturated carbocycles. The minimum atomic E-state index is -0.954. The van der Waals surface area contributed by atoms with Crippen LogP contribution in [0.25, 0.3) is 0 Å². The Hall–Kier alpha value is -0.300. The van der Waals surface area contributed by atoms with E-state index in [1.54, 1.807) is 11.8 Å². The minimum Gasteiger partial charge on any atom is -0.480 e. The summed E-state index contributed by atoms with van der Waals surface area (Å²) in [6, 6.07) is -0.853. The number of aliphatic carboxylic acids is 1. The van der Waals surface area contributed by atoms with Crippen LogP contribution in [0.3, 0.4) is 0 Å². The SMILES string of the molecule is CN1CCOC(CSC(C)(C)[C@@H](N)C(=O)O)C1. The number of carboxylic acid groups (broad SMARTS) is 1. The van der Waals surface area contributed by atoms with Crippen molar-refractivity contribution in [1.82, 2.24) is 4.90 Å². The second kappa shape index (κ2) is 6.04. The lowest BCUT2D eigenvalue weighted by atomic mass is 10.1. The smallest absolute Gasteiger partial charge is 0.321 e. The van der Waals surface area contributed by atoms with Crippen LogP contribution in [0.15, 0.2) is 0 Å². The lowest BCUT2D eigenvalue weighted by molar-refractivity contribution is -0.139. The number of hydrogen-bond donors (Lipinski definition) is 2. The van der Waals surface area contributed by atoms with Crippen molar-refractivity contribution in [2.45, 2.75) is 30.7 Å². The number of carboxylic acids is 1. The molecule has 17 heavy (non-hydrogen) atoms. The van der Waals surface area contributed by atoms with Gasteiger partial charge in [0.25, 0.3) is 0 Å². The number of ether oxygens (including phenoxy) is 1. The third kappa shape index (κ3) is 4.46. The largest absolute Gasteiger partial charge is 0.480 e. The Morgan fingerprint density at radius 2 is 2.35 bits per heavy atom. The van der Waals surface area contributed by atoms with Gasteiger partial charge in [0.2, 0.25) is 0 Å². The van der Waals surface area contributed by atoms with Crippen LogP contribution in [0.2, 0.25) is 0 Å². The van der Waals surface area contributed by atoms with Gasteiger partial charge in [0.05, 0.1) is 12.7 Å². The fourth-order valence-corrected chi connectivity index (χ4v) is 2.76. The van der Waals surface area contributed by atoms with Crippen LogP contribution >= 0.6 is 11.8 Å². The van der Waals surface area contributed by atoms with Gasteiger partial charge in [-0.1, -0.05) is 0 Å². The Labute approximate surface area is 107 Å². The first-order valence-electron chi connectivity index (χ1n) is 5.75. The molecule has 1 unspecified atom stereocenters. The maximum atomic E-state index is 10.9. The summed E-state index contributed by atoms with van der Waals surface area (Å²) in [6.07, 6.45) is 0.166. The predicted molar refractivity (Wildman–Crippen MR) is 69.4 cm³/mol. The Balaban J connectivity index is 2.40. The van der Waals surface area contributed by atoms with E-state index in [9.17, 15) is 4.79 Å². The predicted octanol–water partition coefficient (Wildman–Crippen LogP) is 0.241. The maximum absolute atomic E-state index is 10.9. The monoisotopic (exact) mass is 262 g/mol. The van der Waals surface area contributed by atoms with Gasteiger partial charge in [-0.2, -0.15) is 11.8 Å². The molecule has 0 amide bonds. The lowest BCUT2D eigenvalue weighted by Gasteiger charge is -2.33. The number of likely N-dealkylation sites (N-methyl/N-ethyl adjacent to an activating group) is 1. The van der Waals surface area contributed by atoms with Crippen molar-refractivity contribution >= 4 is 17.7 Å². The average molecular weight is 262 g/mol. The molecule has 0 radical (unpaired) electrons. The highest BCUT2D eigenvalue weighted by Crippen LogP contribution is 2.29. The molecule has 1 fully saturated rings. The van der Waals surface area contributed by atoms with Crippen LogP contribution in [0.5, 0.6) is 0 Å². The summed E-state index contributed by atoms with van der Waals surface area (Å²) >= 11 is 1.57. The fraction of sp³-hybridized carbons (Fsp3) is 0.909. The van der Waals surface area contributed by atoms with E-state index >= 15 is 0 Å². The Bertz CT molecular complexity index is 273. The van der Waals surface area contributed by atoms with Gasteiger partial charge >= 0.3 is 5.97 Å². The van der Waals surface area contributed by atoms with E-state index in [1.807, 2.05) is 13.8 Å². The van der Waals surface area contributed by atoms with Crippen molar-refractivity contribution in [3.8, 4) is 0 Å². The molecule has 1 aliphatic heterocycles. The molecule has 1 saturated heterocycles. The molecule has 0 bridgehead atoms. The first-order chi connectivity index (χ1) is 7.83. The molecule has 3 N–H and O–H groups in total. The zero-order valence-corrected chi connectivity index (χ0v) is 11.5. The first kappa shape index (κ1) is 14.8. The van der Waals surface area contributed by atoms with E-state index in [4.69, 9.17) is 15.6 Å². The van der Waals surface area contributed by atoms with Gasteiger partial charge in [0, 0.05) is 23.6 Å². The highest BCUT2D eigenvalue weighted by Gasteiger charge is 2.33. The summed E-state index contributed by atoms with van der Waals surface area (Å²) in [4.78, 5) is 13.1. The zero-order chi connectivity index (χ0) is 13.1. The van der Waals surface area contributed by atoms with Crippen LogP contribution in [-0.4, -0.2) is 65.4 Å². The van der Waals surface area contributed by atoms with E-state index in [1.165, 1.54) is 0 Å². The average Bonchev–Trinajstić information content (AvgIpc) is 2.25. The van der Waals surface area contributed by atoms with Gasteiger partial charge < -0.3 is 20.5 Å². The first-order valence-corrected chi connectivity index (χ1v) is 6.74. The number of nitrogens with two attached hydrogens (primary N) is 1. The summed E-state index contributed by atoms with van der Waals surface area (Å²) in [5.74, 6) is -0.178. The number of morpholine rings is 1. The molecule has 5 nitrogen and oxygen atoms in total. The van der Waals surface area contributed by atoms with Crippen molar-refractivity contribution in [2.75, 3.05) is 32.5 Å². The molecule has 0 aromatic rings. The van der Waals surface area contributed by atoms with E-state index in [0.29, 0.717) is 0 Å². The van der Waals surface area contributed by atoms with Crippen LogP contribution in [-0.2, 0) is 9.53 Å². The second-order valence-corrected chi connectivity index (χ2v) is 6.66. The van der Waals surface area contributed by atoms with E-state index in [0.717, 1.165) is 25.4 Å². The molecule has 100 valence electrons. The number of rotatable bonds is 5. The molecule has 1 aliphatic rings. The lowest BCUT2D eigenvalue weighted by Crippen LogP contribution is -2.48. The van der Waals surface area contributed by atoms with Crippen molar-refractivity contribution < 1.29 is 14.6 Å². The van der Waals surface area contributed by atoms with Gasteiger partial charge in [-0.3, -0.25) is 4.79 Å². The molecule has 0 aromatic carbocycles. The molecular formula is C11H22N2O3S. The standard InChI is InChI=1S/C11H22N2O3S/c1-11(2,9(12)10(14)15)17-7-8-6-13(3)4-5-16-8/h8-9H,4-7,12H2,1-3H3,(H,14,15)/t8?,9-/m0/s1. The van der Waals surface area contributed by atoms with Crippen molar-refractivity contribution in [3.05, 3.63) is 0 Å². The highest BCUT2D eigenvalue weighted by atomic mass is 32.2. The Morgan fingerprint density at radius 3 is 2.88 bits per heavy atom. The van der Waals surface area contributed by atoms with Crippen LogP contribution in [0, 0.1) is 0 Å². The van der Waals surface area contributed by atoms with Crippen molar-refractivity contribution in [2.24, 2.45) is 5.73 Å². The normalized spacial score (nSPS) is 24.6. The quantitative estimate of drug-likeness (QED) is 0.739. The number of carbonyl (C=O) groups is 1. The third-order valence-electron chi connectivity index (χ3n) is 3.00. The summed E-state index contributed by atoms with van der Waals surface area (Å²) in [5, 5.41) is 8.92. The minimum absolute atomic E-state index is 0.166. The number of hydrogen-bond acceptors (Lipinski definition) is 5. The fourth-order valence-electron chi connectivity index (χ4n) is 1.66. The molecule has 1 heterocycles. The molecular weight excluding hydrogens is 240 g/mol. The molecule has 2 atom stereocenters. The van der Waals surface area contributed by atoms with Crippen molar-refractivity contribution in [3.63, 3.8) is 0 Å². The van der Waals surface area contributed by atoms with Crippen molar-refractivity contribution in [1.29, 1.82) is 0 Å². The topological polar surface area (TPSA) is 75.8 Å². The molecule has 0 aromatic heterocycles. The number of nitrogens with zero attached hydrogens (tertiary/aromatic N) is 1. The second-order valence-electron chi connectivity index (χ2n) is 4.99. The van der Waals surface area contributed by atoms with E-state index in [-0.39, 0.29) is 6.10 Å². The van der Waals surface area contributed by atoms with E-state index in [2.05, 4.69) is 11.9 Å². The van der Waals surface area contributed by atoms with Crippen LogP contribution < -0.4 is 5.73 Å². The van der Waals surface area contributed by atoms with Gasteiger partial charge in [-0.05, 0) is 20.9 Å². The molecule has 1 rings (SSSR count). The van der Waals surface area contributed by atoms with Gasteiger partial charge in [0.1, 0.15) is 6.04 Å². The molecule has 0 spiro atoms. The van der Waals surface area contributed by atoms with Gasteiger partial charge in [-0.15, -0.1) is 0 Å². The summed E-state index contributed by atoms with van der Waals surface area (Å²) in [7, 11) is 2.06. The Morgan fingerprint density at radius 1 is 1.71 bits per heavy atom. The summed E-state index contributed by atoms with van der Waals surface area (Å²) < 4.78 is 5.15. The Kier molecular flexibility index (Phi) is 5.24. The summed E-state index contributed by atoms with van der Waals surface area (Å²) in [5.41, 5.74) is 5.67. The third-order valence-corrected chi connectivity index (χ3v) is 4.53. The van der Waals surface area contributed by atoms with Gasteiger partial charge in [-0.25, -0.2) is 0 Å². The number of thioether (sulfide) groups is 1. The highest BCUT2D eigenvalue weighted by molar-refractivity contribution is 8.00. The van der Waals surface area contributed by atoms with E-state index < -0.39 is 16.8 Å². The molecule has 0 aliphatic carbocycles. The molecule has 6 heteroatoms. The maximum Gasteiger partial charge on any atom is 0.321 e. The van der Waals surface area contributed by atoms with Crippen LogP contribution in [0.4, 0.5) is 0 Å². The summed E-state index contributed by atoms with van der Waals surface area (Å²) in [6.45, 7) is 6.32. The zero-order valence-electron chi connectivity index (χ0n) is 10.7. The van der Waals surface area contributed by atoms with Gasteiger partial charge in [0.15, 0.2) is 0 Å².